The molecule has 0 amide bonds. The van der Waals surface area contributed by atoms with E-state index in [1.165, 1.54) is 0 Å². The molecule has 0 atom stereocenters. The smallest absolute Gasteiger partial charge is 0.325 e. The molecule has 6 bridgehead atoms. The maximum atomic E-state index is 13.6. The standard InChI is InChI=1S/C38H36N2O10/c41-35-33-29-23-39(31-11-5-3-9-27(29)31)21-25-7-1-2-8-26(25)22-40-24-30(28-10-4-6-12-32(28)40)34(37(43)49-19-15-45-13-17-47-35)38(44)50-20-16-46-14-18-48-36(33)42/h1-12,23-24,33-34H,13-22H2. The molecular weight excluding hydrogens is 644 g/mol. The maximum Gasteiger partial charge on any atom is 0.325 e. The van der Waals surface area contributed by atoms with E-state index in [2.05, 4.69) is 0 Å². The number of fused-ring (bicyclic) bond motifs is 18. The number of carbonyl (C=O) groups excluding carboxylic acids is 4. The molecule has 258 valence electrons. The van der Waals surface area contributed by atoms with E-state index < -0.39 is 35.7 Å². The lowest BCUT2D eigenvalue weighted by Crippen LogP contribution is -2.29. The third-order valence-electron chi connectivity index (χ3n) is 8.89. The molecule has 8 rings (SSSR count). The average molecular weight is 681 g/mol. The molecule has 1 saturated heterocycles. The number of nitrogens with zero attached hydrogens (tertiary/aromatic N) is 2. The minimum Gasteiger partial charge on any atom is -0.462 e. The highest BCUT2D eigenvalue weighted by Crippen LogP contribution is 2.33. The monoisotopic (exact) mass is 680 g/mol. The van der Waals surface area contributed by atoms with Gasteiger partial charge in [-0.1, -0.05) is 60.7 Å². The predicted octanol–water partition coefficient (Wildman–Crippen LogP) is 4.09. The van der Waals surface area contributed by atoms with Crippen LogP contribution in [0.3, 0.4) is 0 Å². The van der Waals surface area contributed by atoms with E-state index in [0.717, 1.165) is 32.9 Å². The fraction of sp³-hybridized carbons (Fsp3) is 0.316. The van der Waals surface area contributed by atoms with Crippen molar-refractivity contribution in [3.8, 4) is 0 Å². The molecule has 50 heavy (non-hydrogen) atoms. The second kappa shape index (κ2) is 15.0. The van der Waals surface area contributed by atoms with Gasteiger partial charge < -0.3 is 37.6 Å². The first-order chi connectivity index (χ1) is 24.5. The number of benzene rings is 3. The molecule has 0 N–H and O–H groups in total. The summed E-state index contributed by atoms with van der Waals surface area (Å²) in [5.74, 6) is -5.86. The quantitative estimate of drug-likeness (QED) is 0.102. The van der Waals surface area contributed by atoms with Gasteiger partial charge in [0.15, 0.2) is 11.8 Å². The molecule has 0 radical (unpaired) electrons. The fourth-order valence-electron chi connectivity index (χ4n) is 6.55. The van der Waals surface area contributed by atoms with Crippen molar-refractivity contribution in [1.29, 1.82) is 0 Å². The lowest BCUT2D eigenvalue weighted by atomic mass is 9.98. The number of carbonyl (C=O) groups is 4. The Hall–Kier alpha value is -5.46. The molecule has 2 aromatic heterocycles. The van der Waals surface area contributed by atoms with Crippen LogP contribution >= 0.6 is 0 Å². The van der Waals surface area contributed by atoms with Crippen LogP contribution in [0.15, 0.2) is 85.2 Å². The zero-order valence-electron chi connectivity index (χ0n) is 27.3. The molecule has 1 fully saturated rings. The highest BCUT2D eigenvalue weighted by atomic mass is 16.6. The third kappa shape index (κ3) is 6.85. The summed E-state index contributed by atoms with van der Waals surface area (Å²) >= 11 is 0. The van der Waals surface area contributed by atoms with Crippen LogP contribution in [0.5, 0.6) is 0 Å². The highest BCUT2D eigenvalue weighted by Gasteiger charge is 2.36. The number of para-hydroxylation sites is 2. The van der Waals surface area contributed by atoms with Gasteiger partial charge in [0.1, 0.15) is 26.4 Å². The van der Waals surface area contributed by atoms with Gasteiger partial charge in [0.2, 0.25) is 0 Å². The highest BCUT2D eigenvalue weighted by molar-refractivity contribution is 6.06. The number of rotatable bonds is 0. The number of esters is 4. The molecule has 0 aliphatic carbocycles. The van der Waals surface area contributed by atoms with Gasteiger partial charge in [0.05, 0.1) is 26.4 Å². The minimum absolute atomic E-state index is 0.0175. The Labute approximate surface area is 287 Å². The van der Waals surface area contributed by atoms with Gasteiger partial charge >= 0.3 is 23.9 Å². The molecule has 3 aliphatic rings. The Morgan fingerprint density at radius 1 is 0.440 bits per heavy atom. The van der Waals surface area contributed by atoms with E-state index in [1.54, 1.807) is 0 Å². The van der Waals surface area contributed by atoms with Crippen molar-refractivity contribution in [3.63, 3.8) is 0 Å². The maximum absolute atomic E-state index is 13.6. The van der Waals surface area contributed by atoms with Crippen molar-refractivity contribution in [3.05, 3.63) is 107 Å². The van der Waals surface area contributed by atoms with Crippen LogP contribution in [0.4, 0.5) is 0 Å². The molecule has 5 heterocycles. The summed E-state index contributed by atoms with van der Waals surface area (Å²) in [6.07, 6.45) is 3.62. The van der Waals surface area contributed by atoms with E-state index in [4.69, 9.17) is 28.4 Å². The molecule has 0 unspecified atom stereocenters. The van der Waals surface area contributed by atoms with Crippen LogP contribution in [-0.2, 0) is 60.7 Å². The number of hydrogen-bond donors (Lipinski definition) is 0. The van der Waals surface area contributed by atoms with Crippen LogP contribution in [0, 0.1) is 0 Å². The van der Waals surface area contributed by atoms with Gasteiger partial charge in [-0.2, -0.15) is 0 Å². The minimum atomic E-state index is -1.38. The normalized spacial score (nSPS) is 20.2. The van der Waals surface area contributed by atoms with Gasteiger partial charge in [0, 0.05) is 58.4 Å². The van der Waals surface area contributed by atoms with Crippen molar-refractivity contribution in [2.24, 2.45) is 0 Å². The first kappa shape index (κ1) is 33.1. The first-order valence-electron chi connectivity index (χ1n) is 16.5. The van der Waals surface area contributed by atoms with Crippen LogP contribution in [0.2, 0.25) is 0 Å². The van der Waals surface area contributed by atoms with Crippen LogP contribution in [0.1, 0.15) is 34.1 Å². The zero-order chi connectivity index (χ0) is 34.5. The topological polar surface area (TPSA) is 134 Å². The van der Waals surface area contributed by atoms with Crippen LogP contribution in [0.25, 0.3) is 21.8 Å². The Morgan fingerprint density at radius 3 is 1.16 bits per heavy atom. The Bertz CT molecular complexity index is 1860. The molecule has 3 aromatic carbocycles. The van der Waals surface area contributed by atoms with Crippen molar-refractivity contribution >= 4 is 45.7 Å². The molecule has 5 aromatic rings. The number of ether oxygens (including phenoxy) is 6. The second-order valence-corrected chi connectivity index (χ2v) is 12.0. The van der Waals surface area contributed by atoms with Crippen molar-refractivity contribution in [2.45, 2.75) is 24.9 Å². The van der Waals surface area contributed by atoms with E-state index in [1.807, 2.05) is 94.3 Å². The van der Waals surface area contributed by atoms with Crippen molar-refractivity contribution in [1.82, 2.24) is 9.13 Å². The van der Waals surface area contributed by atoms with Crippen molar-refractivity contribution in [2.75, 3.05) is 52.9 Å². The van der Waals surface area contributed by atoms with E-state index in [-0.39, 0.29) is 52.9 Å². The molecule has 12 nitrogen and oxygen atoms in total. The van der Waals surface area contributed by atoms with E-state index >= 15 is 0 Å². The molecule has 0 saturated carbocycles. The van der Waals surface area contributed by atoms with Gasteiger partial charge in [-0.3, -0.25) is 19.2 Å². The molecular formula is C38H36N2O10. The number of hydrogen-bond acceptors (Lipinski definition) is 10. The molecule has 3 aliphatic heterocycles. The van der Waals surface area contributed by atoms with Crippen LogP contribution < -0.4 is 0 Å². The second-order valence-electron chi connectivity index (χ2n) is 12.0. The summed E-state index contributed by atoms with van der Waals surface area (Å²) in [6, 6.07) is 23.1. The lowest BCUT2D eigenvalue weighted by molar-refractivity contribution is -0.160. The van der Waals surface area contributed by atoms with E-state index in [9.17, 15) is 19.2 Å². The Morgan fingerprint density at radius 2 is 0.780 bits per heavy atom. The predicted molar refractivity (Wildman–Crippen MR) is 179 cm³/mol. The average Bonchev–Trinajstić information content (AvgIpc) is 3.65. The fourth-order valence-corrected chi connectivity index (χ4v) is 6.55. The van der Waals surface area contributed by atoms with Gasteiger partial charge in [0.25, 0.3) is 0 Å². The van der Waals surface area contributed by atoms with Crippen molar-refractivity contribution < 1.29 is 47.6 Å². The largest absolute Gasteiger partial charge is 0.462 e. The third-order valence-corrected chi connectivity index (χ3v) is 8.89. The summed E-state index contributed by atoms with van der Waals surface area (Å²) in [7, 11) is 0. The van der Waals surface area contributed by atoms with Gasteiger partial charge in [-0.25, -0.2) is 0 Å². The summed E-state index contributed by atoms with van der Waals surface area (Å²) < 4.78 is 37.3. The summed E-state index contributed by atoms with van der Waals surface area (Å²) in [5.41, 5.74) is 4.54. The first-order valence-corrected chi connectivity index (χ1v) is 16.5. The van der Waals surface area contributed by atoms with Gasteiger partial charge in [-0.15, -0.1) is 0 Å². The summed E-state index contributed by atoms with van der Waals surface area (Å²) in [5, 5.41) is 1.44. The zero-order valence-corrected chi connectivity index (χ0v) is 27.3. The van der Waals surface area contributed by atoms with Crippen LogP contribution in [-0.4, -0.2) is 85.9 Å². The molecule has 0 spiro atoms. The molecule has 12 heteroatoms. The number of aromatic nitrogens is 2. The van der Waals surface area contributed by atoms with Gasteiger partial charge in [-0.05, 0) is 23.3 Å². The lowest BCUT2D eigenvalue weighted by Gasteiger charge is -2.17. The Kier molecular flexibility index (Phi) is 9.90. The summed E-state index contributed by atoms with van der Waals surface area (Å²) in [4.78, 5) is 54.4. The summed E-state index contributed by atoms with van der Waals surface area (Å²) in [6.45, 7) is 0.158. The SMILES string of the molecule is O=C1OCCOCCOC(=O)C2C(=O)OCCOCCOC(=O)C1c1cn(c3ccccc13)Cc1ccccc1Cn1cc2c2ccccc21. The Balaban J connectivity index is 1.39. The van der Waals surface area contributed by atoms with E-state index in [0.29, 0.717) is 24.2 Å².